The summed E-state index contributed by atoms with van der Waals surface area (Å²) in [7, 11) is 0. The van der Waals surface area contributed by atoms with E-state index in [0.29, 0.717) is 17.9 Å². The van der Waals surface area contributed by atoms with Gasteiger partial charge >= 0.3 is 0 Å². The smallest absolute Gasteiger partial charge is 0.220 e. The molecular weight excluding hydrogens is 198 g/mol. The average molecular weight is 219 g/mol. The third kappa shape index (κ3) is 2.02. The first-order chi connectivity index (χ1) is 7.81. The molecule has 2 nitrogen and oxygen atoms in total. The Morgan fingerprint density at radius 2 is 2.00 bits per heavy atom. The maximum Gasteiger partial charge on any atom is 0.220 e. The molecule has 2 heteroatoms. The van der Waals surface area contributed by atoms with Gasteiger partial charge in [0.25, 0.3) is 0 Å². The number of hydrogen-bond acceptors (Lipinski definition) is 1. The molecule has 0 radical (unpaired) electrons. The molecule has 3 aliphatic carbocycles. The van der Waals surface area contributed by atoms with Gasteiger partial charge in [0, 0.05) is 12.5 Å². The SMILES string of the molecule is O=C(CC1CC2CCC1C2)NC1CC=CC1. The van der Waals surface area contributed by atoms with Gasteiger partial charge in [0.2, 0.25) is 5.91 Å². The first-order valence-electron chi connectivity index (χ1n) is 6.75. The van der Waals surface area contributed by atoms with Crippen molar-refractivity contribution in [3.05, 3.63) is 12.2 Å². The number of amides is 1. The number of rotatable bonds is 3. The fourth-order valence-electron chi connectivity index (χ4n) is 3.89. The Labute approximate surface area is 97.5 Å². The van der Waals surface area contributed by atoms with E-state index in [1.165, 1.54) is 25.7 Å². The predicted molar refractivity (Wildman–Crippen MR) is 63.9 cm³/mol. The second kappa shape index (κ2) is 4.23. The third-order valence-corrected chi connectivity index (χ3v) is 4.71. The van der Waals surface area contributed by atoms with Crippen LogP contribution in [0.4, 0.5) is 0 Å². The summed E-state index contributed by atoms with van der Waals surface area (Å²) in [5.74, 6) is 2.83. The predicted octanol–water partition coefficient (Wildman–Crippen LogP) is 2.65. The Bertz CT molecular complexity index is 302. The maximum atomic E-state index is 11.9. The van der Waals surface area contributed by atoms with Gasteiger partial charge in [0.15, 0.2) is 0 Å². The first kappa shape index (κ1) is 10.4. The van der Waals surface area contributed by atoms with Crippen LogP contribution >= 0.6 is 0 Å². The molecule has 16 heavy (non-hydrogen) atoms. The Balaban J connectivity index is 1.46. The topological polar surface area (TPSA) is 29.1 Å². The van der Waals surface area contributed by atoms with E-state index in [4.69, 9.17) is 0 Å². The number of carbonyl (C=O) groups excluding carboxylic acids is 1. The summed E-state index contributed by atoms with van der Waals surface area (Å²) in [4.78, 5) is 11.9. The average Bonchev–Trinajstić information content (AvgIpc) is 2.92. The molecule has 0 heterocycles. The molecule has 2 bridgehead atoms. The Morgan fingerprint density at radius 3 is 2.62 bits per heavy atom. The summed E-state index contributed by atoms with van der Waals surface area (Å²) in [5, 5.41) is 3.16. The summed E-state index contributed by atoms with van der Waals surface area (Å²) >= 11 is 0. The number of fused-ring (bicyclic) bond motifs is 2. The second-order valence-electron chi connectivity index (χ2n) is 5.85. The van der Waals surface area contributed by atoms with Gasteiger partial charge in [0.05, 0.1) is 0 Å². The highest BCUT2D eigenvalue weighted by Crippen LogP contribution is 2.49. The van der Waals surface area contributed by atoms with Crippen molar-refractivity contribution in [3.8, 4) is 0 Å². The zero-order chi connectivity index (χ0) is 11.0. The summed E-state index contributed by atoms with van der Waals surface area (Å²) in [6, 6.07) is 0.395. The Hall–Kier alpha value is -0.790. The Morgan fingerprint density at radius 1 is 1.19 bits per heavy atom. The van der Waals surface area contributed by atoms with Crippen molar-refractivity contribution in [3.63, 3.8) is 0 Å². The van der Waals surface area contributed by atoms with Crippen molar-refractivity contribution in [2.24, 2.45) is 17.8 Å². The molecule has 0 aromatic carbocycles. The number of carbonyl (C=O) groups is 1. The minimum atomic E-state index is 0.297. The summed E-state index contributed by atoms with van der Waals surface area (Å²) in [6.07, 6.45) is 12.7. The van der Waals surface area contributed by atoms with Crippen LogP contribution in [-0.4, -0.2) is 11.9 Å². The van der Waals surface area contributed by atoms with E-state index < -0.39 is 0 Å². The van der Waals surface area contributed by atoms with E-state index in [1.807, 2.05) is 0 Å². The van der Waals surface area contributed by atoms with Crippen LogP contribution in [0, 0.1) is 17.8 Å². The van der Waals surface area contributed by atoms with Gasteiger partial charge in [0.1, 0.15) is 0 Å². The van der Waals surface area contributed by atoms with Crippen molar-refractivity contribution in [1.29, 1.82) is 0 Å². The van der Waals surface area contributed by atoms with Crippen LogP contribution in [0.1, 0.15) is 44.9 Å². The molecular formula is C14H21NO. The van der Waals surface area contributed by atoms with E-state index in [0.717, 1.165) is 31.1 Å². The van der Waals surface area contributed by atoms with Gasteiger partial charge in [-0.1, -0.05) is 18.6 Å². The lowest BCUT2D eigenvalue weighted by atomic mass is 9.86. The summed E-state index contributed by atoms with van der Waals surface area (Å²) in [5.41, 5.74) is 0. The van der Waals surface area contributed by atoms with Crippen LogP contribution in [-0.2, 0) is 4.79 Å². The van der Waals surface area contributed by atoms with Crippen LogP contribution in [0.5, 0.6) is 0 Å². The van der Waals surface area contributed by atoms with Crippen molar-refractivity contribution in [2.45, 2.75) is 51.0 Å². The second-order valence-corrected chi connectivity index (χ2v) is 5.85. The molecule has 2 saturated carbocycles. The van der Waals surface area contributed by atoms with Gasteiger partial charge in [-0.25, -0.2) is 0 Å². The molecule has 0 aliphatic heterocycles. The molecule has 3 atom stereocenters. The van der Waals surface area contributed by atoms with Gasteiger partial charge in [-0.05, 0) is 49.9 Å². The lowest BCUT2D eigenvalue weighted by Crippen LogP contribution is -2.34. The van der Waals surface area contributed by atoms with Crippen molar-refractivity contribution < 1.29 is 4.79 Å². The standard InChI is InChI=1S/C14H21NO/c16-14(15-13-3-1-2-4-13)9-12-8-10-5-6-11(12)7-10/h1-2,10-13H,3-9H2,(H,15,16). The zero-order valence-corrected chi connectivity index (χ0v) is 9.82. The molecule has 0 spiro atoms. The normalized spacial score (nSPS) is 37.1. The molecule has 3 rings (SSSR count). The quantitative estimate of drug-likeness (QED) is 0.726. The van der Waals surface area contributed by atoms with Crippen LogP contribution in [0.3, 0.4) is 0 Å². The molecule has 88 valence electrons. The highest BCUT2D eigenvalue weighted by Gasteiger charge is 2.40. The Kier molecular flexibility index (Phi) is 2.74. The van der Waals surface area contributed by atoms with Crippen molar-refractivity contribution in [2.75, 3.05) is 0 Å². The van der Waals surface area contributed by atoms with E-state index in [9.17, 15) is 4.79 Å². The summed E-state index contributed by atoms with van der Waals surface area (Å²) < 4.78 is 0. The van der Waals surface area contributed by atoms with Crippen LogP contribution < -0.4 is 5.32 Å². The monoisotopic (exact) mass is 219 g/mol. The van der Waals surface area contributed by atoms with Gasteiger partial charge < -0.3 is 5.32 Å². The minimum Gasteiger partial charge on any atom is -0.353 e. The van der Waals surface area contributed by atoms with Crippen molar-refractivity contribution >= 4 is 5.91 Å². The fraction of sp³-hybridized carbons (Fsp3) is 0.786. The highest BCUT2D eigenvalue weighted by molar-refractivity contribution is 5.76. The lowest BCUT2D eigenvalue weighted by molar-refractivity contribution is -0.123. The molecule has 1 amide bonds. The van der Waals surface area contributed by atoms with E-state index >= 15 is 0 Å². The van der Waals surface area contributed by atoms with E-state index in [2.05, 4.69) is 17.5 Å². The molecule has 3 aliphatic rings. The fourth-order valence-corrected chi connectivity index (χ4v) is 3.89. The molecule has 0 aromatic heterocycles. The van der Waals surface area contributed by atoms with E-state index in [-0.39, 0.29) is 0 Å². The minimum absolute atomic E-state index is 0.297. The zero-order valence-electron chi connectivity index (χ0n) is 9.82. The van der Waals surface area contributed by atoms with Crippen molar-refractivity contribution in [1.82, 2.24) is 5.32 Å². The lowest BCUT2D eigenvalue weighted by Gasteiger charge is -2.22. The van der Waals surface area contributed by atoms with Crippen LogP contribution in [0.2, 0.25) is 0 Å². The maximum absolute atomic E-state index is 11.9. The number of nitrogens with one attached hydrogen (secondary N) is 1. The summed E-state index contributed by atoms with van der Waals surface area (Å²) in [6.45, 7) is 0. The van der Waals surface area contributed by atoms with Crippen LogP contribution in [0.15, 0.2) is 12.2 Å². The van der Waals surface area contributed by atoms with Gasteiger partial charge in [-0.15, -0.1) is 0 Å². The molecule has 0 saturated heterocycles. The van der Waals surface area contributed by atoms with E-state index in [1.54, 1.807) is 0 Å². The molecule has 1 N–H and O–H groups in total. The third-order valence-electron chi connectivity index (χ3n) is 4.71. The first-order valence-corrected chi connectivity index (χ1v) is 6.75. The molecule has 0 aromatic rings. The van der Waals surface area contributed by atoms with Crippen LogP contribution in [0.25, 0.3) is 0 Å². The highest BCUT2D eigenvalue weighted by atomic mass is 16.1. The number of hydrogen-bond donors (Lipinski definition) is 1. The largest absolute Gasteiger partial charge is 0.353 e. The molecule has 3 unspecified atom stereocenters. The van der Waals surface area contributed by atoms with Gasteiger partial charge in [-0.3, -0.25) is 4.79 Å². The van der Waals surface area contributed by atoms with Gasteiger partial charge in [-0.2, -0.15) is 0 Å². The molecule has 2 fully saturated rings.